The molecule has 0 nitrogen and oxygen atoms in total. The molecular weight excluding hydrogens is 228 g/mol. The van der Waals surface area contributed by atoms with Crippen LogP contribution in [0.15, 0.2) is 36.4 Å². The molecule has 0 spiro atoms. The highest BCUT2D eigenvalue weighted by atomic mass is 14.5. The van der Waals surface area contributed by atoms with Gasteiger partial charge in [0.25, 0.3) is 0 Å². The molecule has 0 fully saturated rings. The fourth-order valence-corrected chi connectivity index (χ4v) is 4.90. The van der Waals surface area contributed by atoms with Gasteiger partial charge in [-0.3, -0.25) is 0 Å². The number of aryl methyl sites for hydroxylation is 1. The molecular formula is C19H26. The molecule has 2 aliphatic rings. The van der Waals surface area contributed by atoms with Gasteiger partial charge in [0.2, 0.25) is 0 Å². The zero-order chi connectivity index (χ0) is 13.7. The smallest absolute Gasteiger partial charge is 0.0114 e. The second-order valence-electron chi connectivity index (χ2n) is 7.74. The summed E-state index contributed by atoms with van der Waals surface area (Å²) < 4.78 is 0. The molecule has 0 N–H and O–H groups in total. The molecule has 0 radical (unpaired) electrons. The van der Waals surface area contributed by atoms with Crippen molar-refractivity contribution in [3.63, 3.8) is 0 Å². The molecule has 1 aromatic rings. The lowest BCUT2D eigenvalue weighted by Gasteiger charge is -2.49. The number of benzene rings is 1. The molecule has 3 rings (SSSR count). The topological polar surface area (TPSA) is 0 Å². The standard InChI is InChI=1S/C19H26/c1-18(2)12-7-13-19(3,4)17(18)16-11-10-14-8-5-6-9-15(14)16/h5-9,12,16-17H,10-11,13H2,1-4H3. The van der Waals surface area contributed by atoms with Crippen molar-refractivity contribution in [2.45, 2.75) is 52.9 Å². The van der Waals surface area contributed by atoms with Gasteiger partial charge in [0, 0.05) is 0 Å². The van der Waals surface area contributed by atoms with Crippen molar-refractivity contribution in [1.29, 1.82) is 0 Å². The van der Waals surface area contributed by atoms with Crippen molar-refractivity contribution in [3.8, 4) is 0 Å². The van der Waals surface area contributed by atoms with Crippen LogP contribution in [0.5, 0.6) is 0 Å². The molecule has 0 saturated carbocycles. The van der Waals surface area contributed by atoms with Gasteiger partial charge in [-0.2, -0.15) is 0 Å². The van der Waals surface area contributed by atoms with Crippen LogP contribution in [0, 0.1) is 16.7 Å². The van der Waals surface area contributed by atoms with E-state index in [1.54, 1.807) is 11.1 Å². The van der Waals surface area contributed by atoms with Crippen LogP contribution in [0.3, 0.4) is 0 Å². The first kappa shape index (κ1) is 13.0. The zero-order valence-electron chi connectivity index (χ0n) is 12.7. The van der Waals surface area contributed by atoms with E-state index >= 15 is 0 Å². The minimum absolute atomic E-state index is 0.309. The van der Waals surface area contributed by atoms with Crippen LogP contribution in [-0.2, 0) is 6.42 Å². The Bertz CT molecular complexity index is 505. The number of hydrogen-bond acceptors (Lipinski definition) is 0. The molecule has 19 heavy (non-hydrogen) atoms. The van der Waals surface area contributed by atoms with E-state index in [0.29, 0.717) is 10.8 Å². The Morgan fingerprint density at radius 1 is 1.05 bits per heavy atom. The van der Waals surface area contributed by atoms with Crippen LogP contribution in [0.1, 0.15) is 57.6 Å². The average molecular weight is 254 g/mol. The number of rotatable bonds is 1. The van der Waals surface area contributed by atoms with Gasteiger partial charge in [-0.15, -0.1) is 0 Å². The Labute approximate surface area is 117 Å². The summed E-state index contributed by atoms with van der Waals surface area (Å²) in [5, 5.41) is 0. The molecule has 0 saturated heterocycles. The lowest BCUT2D eigenvalue weighted by molar-refractivity contribution is 0.0689. The summed E-state index contributed by atoms with van der Waals surface area (Å²) in [7, 11) is 0. The first-order valence-corrected chi connectivity index (χ1v) is 7.67. The number of fused-ring (bicyclic) bond motifs is 1. The van der Waals surface area contributed by atoms with Gasteiger partial charge in [-0.25, -0.2) is 0 Å². The van der Waals surface area contributed by atoms with E-state index in [4.69, 9.17) is 0 Å². The molecule has 2 atom stereocenters. The van der Waals surface area contributed by atoms with Crippen LogP contribution in [0.4, 0.5) is 0 Å². The molecule has 0 aliphatic heterocycles. The van der Waals surface area contributed by atoms with Gasteiger partial charge in [-0.05, 0) is 53.1 Å². The Kier molecular flexibility index (Phi) is 2.89. The van der Waals surface area contributed by atoms with Crippen LogP contribution in [0.25, 0.3) is 0 Å². The Hall–Kier alpha value is -1.04. The van der Waals surface area contributed by atoms with E-state index in [1.807, 2.05) is 0 Å². The lowest BCUT2D eigenvalue weighted by atomic mass is 9.55. The first-order chi connectivity index (χ1) is 8.92. The summed E-state index contributed by atoms with van der Waals surface area (Å²) in [6.07, 6.45) is 8.69. The van der Waals surface area contributed by atoms with Crippen molar-refractivity contribution in [2.75, 3.05) is 0 Å². The van der Waals surface area contributed by atoms with E-state index in [-0.39, 0.29) is 0 Å². The molecule has 0 heteroatoms. The molecule has 0 bridgehead atoms. The van der Waals surface area contributed by atoms with E-state index < -0.39 is 0 Å². The fraction of sp³-hybridized carbons (Fsp3) is 0.579. The summed E-state index contributed by atoms with van der Waals surface area (Å²) in [6.45, 7) is 9.78. The van der Waals surface area contributed by atoms with Gasteiger partial charge < -0.3 is 0 Å². The average Bonchev–Trinajstić information content (AvgIpc) is 2.71. The third-order valence-electron chi connectivity index (χ3n) is 5.42. The molecule has 0 heterocycles. The van der Waals surface area contributed by atoms with Crippen molar-refractivity contribution < 1.29 is 0 Å². The third-order valence-corrected chi connectivity index (χ3v) is 5.42. The van der Waals surface area contributed by atoms with Crippen molar-refractivity contribution >= 4 is 0 Å². The maximum Gasteiger partial charge on any atom is -0.0114 e. The summed E-state index contributed by atoms with van der Waals surface area (Å²) in [6, 6.07) is 9.11. The summed E-state index contributed by atoms with van der Waals surface area (Å²) >= 11 is 0. The molecule has 2 unspecified atom stereocenters. The van der Waals surface area contributed by atoms with E-state index in [0.717, 1.165) is 11.8 Å². The second kappa shape index (κ2) is 4.23. The van der Waals surface area contributed by atoms with Gasteiger partial charge >= 0.3 is 0 Å². The second-order valence-corrected chi connectivity index (χ2v) is 7.74. The Balaban J connectivity index is 2.04. The molecule has 0 amide bonds. The van der Waals surface area contributed by atoms with E-state index in [1.165, 1.54) is 19.3 Å². The minimum Gasteiger partial charge on any atom is -0.0874 e. The number of allylic oxidation sites excluding steroid dienone is 2. The maximum atomic E-state index is 2.46. The quantitative estimate of drug-likeness (QED) is 0.593. The highest BCUT2D eigenvalue weighted by Crippen LogP contribution is 2.56. The maximum absolute atomic E-state index is 2.46. The Morgan fingerprint density at radius 2 is 1.79 bits per heavy atom. The van der Waals surface area contributed by atoms with Crippen LogP contribution >= 0.6 is 0 Å². The van der Waals surface area contributed by atoms with Crippen LogP contribution in [0.2, 0.25) is 0 Å². The minimum atomic E-state index is 0.309. The summed E-state index contributed by atoms with van der Waals surface area (Å²) in [5.41, 5.74) is 3.93. The van der Waals surface area contributed by atoms with Gasteiger partial charge in [-0.1, -0.05) is 64.1 Å². The van der Waals surface area contributed by atoms with Gasteiger partial charge in [0.15, 0.2) is 0 Å². The highest BCUT2D eigenvalue weighted by Gasteiger charge is 2.47. The fourth-order valence-electron chi connectivity index (χ4n) is 4.90. The van der Waals surface area contributed by atoms with Crippen molar-refractivity contribution in [2.24, 2.45) is 16.7 Å². The monoisotopic (exact) mass is 254 g/mol. The first-order valence-electron chi connectivity index (χ1n) is 7.67. The SMILES string of the molecule is CC1(C)C=CCC(C)(C)C1C1CCc2ccccc21. The lowest BCUT2D eigenvalue weighted by Crippen LogP contribution is -2.41. The molecule has 102 valence electrons. The van der Waals surface area contributed by atoms with Crippen molar-refractivity contribution in [1.82, 2.24) is 0 Å². The highest BCUT2D eigenvalue weighted by molar-refractivity contribution is 5.37. The van der Waals surface area contributed by atoms with Crippen molar-refractivity contribution in [3.05, 3.63) is 47.5 Å². The third kappa shape index (κ3) is 2.06. The zero-order valence-corrected chi connectivity index (χ0v) is 12.7. The summed E-state index contributed by atoms with van der Waals surface area (Å²) in [5.74, 6) is 1.49. The molecule has 1 aromatic carbocycles. The van der Waals surface area contributed by atoms with Gasteiger partial charge in [0.05, 0.1) is 0 Å². The largest absolute Gasteiger partial charge is 0.0874 e. The molecule has 2 aliphatic carbocycles. The normalized spacial score (nSPS) is 31.2. The predicted molar refractivity (Wildman–Crippen MR) is 82.3 cm³/mol. The molecule has 0 aromatic heterocycles. The van der Waals surface area contributed by atoms with Gasteiger partial charge in [0.1, 0.15) is 0 Å². The van der Waals surface area contributed by atoms with E-state index in [9.17, 15) is 0 Å². The van der Waals surface area contributed by atoms with Crippen LogP contribution < -0.4 is 0 Å². The van der Waals surface area contributed by atoms with E-state index in [2.05, 4.69) is 64.1 Å². The Morgan fingerprint density at radius 3 is 2.53 bits per heavy atom. The predicted octanol–water partition coefficient (Wildman–Crippen LogP) is 5.34. The number of hydrogen-bond donors (Lipinski definition) is 0. The van der Waals surface area contributed by atoms with Crippen LogP contribution in [-0.4, -0.2) is 0 Å². The summed E-state index contributed by atoms with van der Waals surface area (Å²) in [4.78, 5) is 0.